The van der Waals surface area contributed by atoms with Gasteiger partial charge in [0.25, 0.3) is 11.2 Å². The molecular formula is C29H23N3O9S. The number of benzene rings is 2. The Morgan fingerprint density at radius 3 is 2.57 bits per heavy atom. The molecule has 13 heteroatoms. The predicted octanol–water partition coefficient (Wildman–Crippen LogP) is 3.51. The van der Waals surface area contributed by atoms with E-state index in [0.717, 1.165) is 11.3 Å². The summed E-state index contributed by atoms with van der Waals surface area (Å²) in [5.41, 5.74) is 0.729. The van der Waals surface area contributed by atoms with Crippen molar-refractivity contribution >= 4 is 35.0 Å². The maximum atomic E-state index is 13.8. The Morgan fingerprint density at radius 1 is 1.12 bits per heavy atom. The number of thiazole rings is 1. The molecule has 2 aromatic carbocycles. The lowest BCUT2D eigenvalue weighted by atomic mass is 9.95. The Labute approximate surface area is 241 Å². The molecular weight excluding hydrogens is 566 g/mol. The summed E-state index contributed by atoms with van der Waals surface area (Å²) in [5, 5.41) is 11.5. The molecule has 0 radical (unpaired) electrons. The molecule has 1 unspecified atom stereocenters. The lowest BCUT2D eigenvalue weighted by Gasteiger charge is -2.25. The van der Waals surface area contributed by atoms with Gasteiger partial charge in [0.2, 0.25) is 0 Å². The van der Waals surface area contributed by atoms with Crippen molar-refractivity contribution in [3.8, 4) is 22.8 Å². The molecule has 1 atom stereocenters. The summed E-state index contributed by atoms with van der Waals surface area (Å²) in [5.74, 6) is -0.249. The second kappa shape index (κ2) is 11.3. The van der Waals surface area contributed by atoms with Crippen LogP contribution in [0.25, 0.3) is 17.4 Å². The van der Waals surface area contributed by atoms with Crippen LogP contribution in [0.3, 0.4) is 0 Å². The Balaban J connectivity index is 1.65. The van der Waals surface area contributed by atoms with Crippen LogP contribution < -0.4 is 24.4 Å². The smallest absolute Gasteiger partial charge is 0.338 e. The molecule has 1 aliphatic rings. The van der Waals surface area contributed by atoms with Gasteiger partial charge in [-0.25, -0.2) is 9.79 Å². The number of nitrogens with zero attached hydrogens (tertiary/aromatic N) is 3. The van der Waals surface area contributed by atoms with Gasteiger partial charge in [-0.3, -0.25) is 24.3 Å². The number of para-hydroxylation sites is 1. The van der Waals surface area contributed by atoms with Crippen molar-refractivity contribution < 1.29 is 33.1 Å². The summed E-state index contributed by atoms with van der Waals surface area (Å²) in [4.78, 5) is 54.1. The molecule has 12 nitrogen and oxygen atoms in total. The van der Waals surface area contributed by atoms with Crippen molar-refractivity contribution in [1.82, 2.24) is 4.57 Å². The Hall–Kier alpha value is -5.30. The van der Waals surface area contributed by atoms with Gasteiger partial charge in [0.15, 0.2) is 16.3 Å². The molecule has 1 aliphatic heterocycles. The number of ether oxygens (including phenoxy) is 3. The summed E-state index contributed by atoms with van der Waals surface area (Å²) in [6.45, 7) is 2.90. The number of aromatic nitrogens is 1. The van der Waals surface area contributed by atoms with E-state index in [1.54, 1.807) is 49.4 Å². The van der Waals surface area contributed by atoms with Crippen LogP contribution in [-0.4, -0.2) is 35.6 Å². The van der Waals surface area contributed by atoms with E-state index in [2.05, 4.69) is 4.99 Å². The first-order valence-electron chi connectivity index (χ1n) is 12.4. The van der Waals surface area contributed by atoms with Crippen LogP contribution in [0, 0.1) is 10.1 Å². The predicted molar refractivity (Wildman–Crippen MR) is 151 cm³/mol. The van der Waals surface area contributed by atoms with Gasteiger partial charge in [-0.15, -0.1) is 0 Å². The normalized spacial score (nSPS) is 14.7. The Morgan fingerprint density at radius 2 is 1.88 bits per heavy atom. The van der Waals surface area contributed by atoms with Gasteiger partial charge in [-0.05, 0) is 42.8 Å². The molecule has 0 spiro atoms. The zero-order valence-electron chi connectivity index (χ0n) is 22.8. The third-order valence-electron chi connectivity index (χ3n) is 6.45. The molecule has 0 bridgehead atoms. The van der Waals surface area contributed by atoms with Crippen LogP contribution in [0.2, 0.25) is 0 Å². The average molecular weight is 590 g/mol. The molecule has 3 heterocycles. The first-order chi connectivity index (χ1) is 20.1. The molecule has 0 fully saturated rings. The van der Waals surface area contributed by atoms with E-state index >= 15 is 0 Å². The second-order valence-corrected chi connectivity index (χ2v) is 10.1. The molecule has 0 amide bonds. The number of fused-ring (bicyclic) bond motifs is 1. The standard InChI is InChI=1S/C29H23N3O9S/c1-15-25(28(35)39-4)26(17-9-11-22(40-16(2)33)23(13-17)38-3)31-27(34)24(42-29(31)30-15)14-18-10-12-21(41-18)19-7-5-6-8-20(19)32(36)37/h5-14,26H,1-4H3/b24-14+. The summed E-state index contributed by atoms with van der Waals surface area (Å²) >= 11 is 1.09. The molecule has 0 aliphatic carbocycles. The number of allylic oxidation sites excluding steroid dienone is 1. The van der Waals surface area contributed by atoms with Gasteiger partial charge < -0.3 is 18.6 Å². The molecule has 2 aromatic heterocycles. The van der Waals surface area contributed by atoms with Crippen molar-refractivity contribution in [2.24, 2.45) is 4.99 Å². The highest BCUT2D eigenvalue weighted by Gasteiger charge is 2.34. The van der Waals surface area contributed by atoms with Gasteiger partial charge in [-0.1, -0.05) is 29.5 Å². The minimum atomic E-state index is -0.935. The number of rotatable bonds is 7. The maximum absolute atomic E-state index is 13.8. The van der Waals surface area contributed by atoms with E-state index in [9.17, 15) is 24.5 Å². The second-order valence-electron chi connectivity index (χ2n) is 9.05. The van der Waals surface area contributed by atoms with E-state index in [1.165, 1.54) is 43.9 Å². The number of esters is 2. The number of furan rings is 1. The van der Waals surface area contributed by atoms with E-state index in [0.29, 0.717) is 27.4 Å². The van der Waals surface area contributed by atoms with Gasteiger partial charge in [0.05, 0.1) is 46.6 Å². The molecule has 4 aromatic rings. The minimum Gasteiger partial charge on any atom is -0.493 e. The van der Waals surface area contributed by atoms with Crippen molar-refractivity contribution in [2.75, 3.05) is 14.2 Å². The molecule has 0 N–H and O–H groups in total. The van der Waals surface area contributed by atoms with Crippen LogP contribution in [0.4, 0.5) is 5.69 Å². The summed E-state index contributed by atoms with van der Waals surface area (Å²) in [6, 6.07) is 13.2. The van der Waals surface area contributed by atoms with E-state index < -0.39 is 28.5 Å². The van der Waals surface area contributed by atoms with E-state index in [1.807, 2.05) is 0 Å². The SMILES string of the molecule is COC(=O)C1=C(C)N=c2s/c(=C/c3ccc(-c4ccccc4[N+](=O)[O-])o3)c(=O)n2C1c1ccc(OC(C)=O)c(OC)c1. The van der Waals surface area contributed by atoms with E-state index in [4.69, 9.17) is 18.6 Å². The van der Waals surface area contributed by atoms with Crippen LogP contribution in [0.5, 0.6) is 11.5 Å². The van der Waals surface area contributed by atoms with Crippen LogP contribution in [-0.2, 0) is 14.3 Å². The molecule has 214 valence electrons. The van der Waals surface area contributed by atoms with Crippen molar-refractivity contribution in [3.63, 3.8) is 0 Å². The quantitative estimate of drug-likeness (QED) is 0.136. The Bertz CT molecular complexity index is 1970. The van der Waals surface area contributed by atoms with Gasteiger partial charge in [0.1, 0.15) is 11.5 Å². The number of methoxy groups -OCH3 is 2. The van der Waals surface area contributed by atoms with Crippen LogP contribution >= 0.6 is 11.3 Å². The number of carbonyl (C=O) groups is 2. The fourth-order valence-electron chi connectivity index (χ4n) is 4.65. The number of carbonyl (C=O) groups excluding carboxylic acids is 2. The molecule has 5 rings (SSSR count). The molecule has 0 saturated carbocycles. The lowest BCUT2D eigenvalue weighted by molar-refractivity contribution is -0.384. The van der Waals surface area contributed by atoms with Gasteiger partial charge in [0, 0.05) is 19.1 Å². The highest BCUT2D eigenvalue weighted by Crippen LogP contribution is 2.36. The third-order valence-corrected chi connectivity index (χ3v) is 7.43. The topological polar surface area (TPSA) is 152 Å². The third kappa shape index (κ3) is 5.12. The van der Waals surface area contributed by atoms with Crippen molar-refractivity contribution in [1.29, 1.82) is 0 Å². The fourth-order valence-corrected chi connectivity index (χ4v) is 5.67. The average Bonchev–Trinajstić information content (AvgIpc) is 3.56. The first kappa shape index (κ1) is 28.2. The highest BCUT2D eigenvalue weighted by molar-refractivity contribution is 7.07. The zero-order chi connectivity index (χ0) is 30.1. The summed E-state index contributed by atoms with van der Waals surface area (Å²) < 4.78 is 23.1. The largest absolute Gasteiger partial charge is 0.493 e. The van der Waals surface area contributed by atoms with Crippen molar-refractivity contribution in [3.05, 3.63) is 107 Å². The number of nitro groups is 1. The van der Waals surface area contributed by atoms with Gasteiger partial charge in [-0.2, -0.15) is 0 Å². The zero-order valence-corrected chi connectivity index (χ0v) is 23.6. The number of hydrogen-bond donors (Lipinski definition) is 0. The summed E-state index contributed by atoms with van der Waals surface area (Å²) in [7, 11) is 2.64. The van der Waals surface area contributed by atoms with Crippen LogP contribution in [0.1, 0.15) is 31.2 Å². The monoisotopic (exact) mass is 589 g/mol. The summed E-state index contributed by atoms with van der Waals surface area (Å²) in [6.07, 6.45) is 1.51. The lowest BCUT2D eigenvalue weighted by Crippen LogP contribution is -2.39. The minimum absolute atomic E-state index is 0.112. The van der Waals surface area contributed by atoms with Gasteiger partial charge >= 0.3 is 11.9 Å². The van der Waals surface area contributed by atoms with Crippen molar-refractivity contribution in [2.45, 2.75) is 19.9 Å². The highest BCUT2D eigenvalue weighted by atomic mass is 32.1. The Kier molecular flexibility index (Phi) is 7.59. The first-order valence-corrected chi connectivity index (χ1v) is 13.3. The van der Waals surface area contributed by atoms with Crippen LogP contribution in [0.15, 0.2) is 80.1 Å². The maximum Gasteiger partial charge on any atom is 0.338 e. The van der Waals surface area contributed by atoms with E-state index in [-0.39, 0.29) is 33.1 Å². The molecule has 42 heavy (non-hydrogen) atoms. The molecule has 0 saturated heterocycles. The number of nitro benzene ring substituents is 1. The number of hydrogen-bond acceptors (Lipinski definition) is 11. The fraction of sp³-hybridized carbons (Fsp3) is 0.172.